The largest absolute Gasteiger partial charge is 0.328 e. The number of carbonyl (C=O) groups is 1. The van der Waals surface area contributed by atoms with Crippen LogP contribution in [0, 0.1) is 5.41 Å². The molecule has 3 heterocycles. The van der Waals surface area contributed by atoms with Crippen molar-refractivity contribution in [1.82, 2.24) is 19.7 Å². The molecule has 1 N–H and O–H groups in total. The number of Topliss-reactive ketones (excluding diaryl/α,β-unsaturated/α-hetero) is 1. The van der Waals surface area contributed by atoms with Gasteiger partial charge in [-0.05, 0) is 35.1 Å². The molecule has 3 aromatic rings. The number of rotatable bonds is 4. The maximum Gasteiger partial charge on any atom is 0.227 e. The van der Waals surface area contributed by atoms with Gasteiger partial charge in [0.1, 0.15) is 6.04 Å². The minimum absolute atomic E-state index is 0.0706. The van der Waals surface area contributed by atoms with E-state index in [9.17, 15) is 4.79 Å². The fourth-order valence-electron chi connectivity index (χ4n) is 4.23. The molecule has 2 aromatic heterocycles. The molecule has 152 valence electrons. The van der Waals surface area contributed by atoms with Gasteiger partial charge >= 0.3 is 0 Å². The quantitative estimate of drug-likeness (QED) is 0.624. The summed E-state index contributed by atoms with van der Waals surface area (Å²) in [5.74, 6) is 1.66. The van der Waals surface area contributed by atoms with E-state index in [1.165, 1.54) is 5.56 Å². The Balaban J connectivity index is 1.53. The number of pyridine rings is 1. The predicted octanol–water partition coefficient (Wildman–Crippen LogP) is 4.62. The molecule has 1 aliphatic carbocycles. The molecule has 1 aliphatic heterocycles. The normalized spacial score (nSPS) is 19.8. The van der Waals surface area contributed by atoms with E-state index in [1.54, 1.807) is 24.2 Å². The van der Waals surface area contributed by atoms with Gasteiger partial charge < -0.3 is 5.32 Å². The van der Waals surface area contributed by atoms with Gasteiger partial charge in [0.2, 0.25) is 11.1 Å². The summed E-state index contributed by atoms with van der Waals surface area (Å²) in [6.07, 6.45) is 4.87. The topological polar surface area (TPSA) is 72.7 Å². The lowest BCUT2D eigenvalue weighted by atomic mass is 9.73. The molecule has 0 amide bonds. The summed E-state index contributed by atoms with van der Waals surface area (Å²) in [5.41, 5.74) is 3.93. The third-order valence-corrected chi connectivity index (χ3v) is 6.45. The van der Waals surface area contributed by atoms with Crippen LogP contribution in [0.2, 0.25) is 0 Å². The van der Waals surface area contributed by atoms with Crippen LogP contribution in [-0.2, 0) is 10.5 Å². The highest BCUT2D eigenvalue weighted by Crippen LogP contribution is 2.45. The summed E-state index contributed by atoms with van der Waals surface area (Å²) < 4.78 is 1.86. The van der Waals surface area contributed by atoms with Gasteiger partial charge in [0, 0.05) is 35.8 Å². The third kappa shape index (κ3) is 3.54. The lowest BCUT2D eigenvalue weighted by Crippen LogP contribution is -2.36. The number of carbonyl (C=O) groups excluding carboxylic acids is 1. The number of fused-ring (bicyclic) bond motifs is 1. The molecule has 30 heavy (non-hydrogen) atoms. The number of hydrogen-bond acceptors (Lipinski definition) is 6. The average molecular weight is 418 g/mol. The van der Waals surface area contributed by atoms with Crippen molar-refractivity contribution in [1.29, 1.82) is 0 Å². The molecule has 0 radical (unpaired) electrons. The molecule has 2 aliphatic rings. The van der Waals surface area contributed by atoms with E-state index in [4.69, 9.17) is 10.1 Å². The van der Waals surface area contributed by atoms with Crippen LogP contribution < -0.4 is 5.32 Å². The minimum atomic E-state index is -0.276. The van der Waals surface area contributed by atoms with E-state index in [2.05, 4.69) is 36.3 Å². The van der Waals surface area contributed by atoms with Crippen LogP contribution >= 0.6 is 11.8 Å². The second-order valence-corrected chi connectivity index (χ2v) is 9.52. The van der Waals surface area contributed by atoms with E-state index in [0.717, 1.165) is 29.0 Å². The van der Waals surface area contributed by atoms with E-state index in [1.807, 2.05) is 35.0 Å². The fourth-order valence-corrected chi connectivity index (χ4v) is 5.01. The Morgan fingerprint density at radius 2 is 1.90 bits per heavy atom. The van der Waals surface area contributed by atoms with Gasteiger partial charge in [-0.15, -0.1) is 5.10 Å². The van der Waals surface area contributed by atoms with Gasteiger partial charge in [0.15, 0.2) is 5.78 Å². The molecule has 7 heteroatoms. The average Bonchev–Trinajstić information content (AvgIpc) is 3.13. The number of nitrogens with zero attached hydrogens (tertiary/aromatic N) is 4. The van der Waals surface area contributed by atoms with Crippen LogP contribution in [-0.4, -0.2) is 25.5 Å². The molecule has 0 fully saturated rings. The molecule has 1 aromatic carbocycles. The van der Waals surface area contributed by atoms with Crippen molar-refractivity contribution < 1.29 is 4.79 Å². The number of benzene rings is 1. The SMILES string of the molecule is CC1(C)CC(=O)C2=C(C1)Nc1nc(SCc3ccccc3)nn1[C@H]2c1ccncc1. The van der Waals surface area contributed by atoms with Crippen molar-refractivity contribution in [2.45, 2.75) is 43.6 Å². The zero-order chi connectivity index (χ0) is 20.7. The molecule has 0 bridgehead atoms. The number of thioether (sulfide) groups is 1. The van der Waals surface area contributed by atoms with Crippen molar-refractivity contribution >= 4 is 23.5 Å². The first-order chi connectivity index (χ1) is 14.5. The maximum atomic E-state index is 13.2. The number of allylic oxidation sites excluding steroid dienone is 2. The van der Waals surface area contributed by atoms with Crippen LogP contribution in [0.15, 0.2) is 71.3 Å². The monoisotopic (exact) mass is 417 g/mol. The number of aromatic nitrogens is 4. The molecular weight excluding hydrogens is 394 g/mol. The molecule has 1 atom stereocenters. The van der Waals surface area contributed by atoms with E-state index in [-0.39, 0.29) is 17.2 Å². The van der Waals surface area contributed by atoms with Crippen molar-refractivity contribution in [2.24, 2.45) is 5.41 Å². The Morgan fingerprint density at radius 1 is 1.13 bits per heavy atom. The van der Waals surface area contributed by atoms with Gasteiger partial charge in [0.05, 0.1) is 0 Å². The van der Waals surface area contributed by atoms with Gasteiger partial charge in [-0.2, -0.15) is 4.98 Å². The van der Waals surface area contributed by atoms with Crippen LogP contribution in [0.3, 0.4) is 0 Å². The van der Waals surface area contributed by atoms with Crippen LogP contribution in [0.5, 0.6) is 0 Å². The zero-order valence-corrected chi connectivity index (χ0v) is 17.8. The standard InChI is InChI=1S/C23H23N5OS/c1-23(2)12-17-19(18(29)13-23)20(16-8-10-24-11-9-16)28-21(25-17)26-22(27-28)30-14-15-6-4-3-5-7-15/h3-11,20H,12-14H2,1-2H3,(H,25,26,27)/t20-/m0/s1. The van der Waals surface area contributed by atoms with Crippen molar-refractivity contribution in [2.75, 3.05) is 5.32 Å². The summed E-state index contributed by atoms with van der Waals surface area (Å²) in [5, 5.41) is 8.91. The molecule has 5 rings (SSSR count). The Bertz CT molecular complexity index is 1120. The predicted molar refractivity (Wildman–Crippen MR) is 117 cm³/mol. The summed E-state index contributed by atoms with van der Waals surface area (Å²) >= 11 is 1.60. The summed E-state index contributed by atoms with van der Waals surface area (Å²) in [4.78, 5) is 22.1. The summed E-state index contributed by atoms with van der Waals surface area (Å²) in [6.45, 7) is 4.27. The Hall–Kier alpha value is -2.93. The van der Waals surface area contributed by atoms with Crippen LogP contribution in [0.1, 0.15) is 43.9 Å². The fraction of sp³-hybridized carbons (Fsp3) is 0.304. The molecule has 0 saturated heterocycles. The highest BCUT2D eigenvalue weighted by Gasteiger charge is 2.41. The first-order valence-corrected chi connectivity index (χ1v) is 11.1. The second kappa shape index (κ2) is 7.40. The summed E-state index contributed by atoms with van der Waals surface area (Å²) in [6, 6.07) is 13.9. The highest BCUT2D eigenvalue weighted by atomic mass is 32.2. The van der Waals surface area contributed by atoms with E-state index in [0.29, 0.717) is 17.5 Å². The van der Waals surface area contributed by atoms with Gasteiger partial charge in [-0.3, -0.25) is 9.78 Å². The van der Waals surface area contributed by atoms with Crippen LogP contribution in [0.4, 0.5) is 5.95 Å². The second-order valence-electron chi connectivity index (χ2n) is 8.58. The van der Waals surface area contributed by atoms with Crippen molar-refractivity contribution in [3.05, 3.63) is 77.3 Å². The summed E-state index contributed by atoms with van der Waals surface area (Å²) in [7, 11) is 0. The lowest BCUT2D eigenvalue weighted by Gasteiger charge is -2.38. The smallest absolute Gasteiger partial charge is 0.227 e. The molecule has 6 nitrogen and oxygen atoms in total. The molecule has 0 unspecified atom stereocenters. The van der Waals surface area contributed by atoms with Crippen molar-refractivity contribution in [3.8, 4) is 0 Å². The molecular formula is C23H23N5OS. The zero-order valence-electron chi connectivity index (χ0n) is 17.0. The highest BCUT2D eigenvalue weighted by molar-refractivity contribution is 7.98. The first-order valence-electron chi connectivity index (χ1n) is 10.1. The van der Waals surface area contributed by atoms with E-state index >= 15 is 0 Å². The first kappa shape index (κ1) is 19.1. The maximum absolute atomic E-state index is 13.2. The number of nitrogens with one attached hydrogen (secondary N) is 1. The number of anilines is 1. The third-order valence-electron chi connectivity index (χ3n) is 5.55. The Labute approximate surface area is 179 Å². The number of hydrogen-bond donors (Lipinski definition) is 1. The van der Waals surface area contributed by atoms with Gasteiger partial charge in [0.25, 0.3) is 0 Å². The van der Waals surface area contributed by atoms with Gasteiger partial charge in [-0.25, -0.2) is 4.68 Å². The Morgan fingerprint density at radius 3 is 2.67 bits per heavy atom. The van der Waals surface area contributed by atoms with Crippen LogP contribution in [0.25, 0.3) is 0 Å². The van der Waals surface area contributed by atoms with Crippen molar-refractivity contribution in [3.63, 3.8) is 0 Å². The van der Waals surface area contributed by atoms with E-state index < -0.39 is 0 Å². The van der Waals surface area contributed by atoms with Gasteiger partial charge in [-0.1, -0.05) is 55.9 Å². The Kier molecular flexibility index (Phi) is 4.70. The molecule has 0 saturated carbocycles. The lowest BCUT2D eigenvalue weighted by molar-refractivity contribution is -0.118. The minimum Gasteiger partial charge on any atom is -0.328 e. The molecule has 0 spiro atoms. The number of ketones is 1.